The van der Waals surface area contributed by atoms with E-state index >= 15 is 0 Å². The maximum atomic E-state index is 11.3. The third kappa shape index (κ3) is 4.04. The van der Waals surface area contributed by atoms with E-state index in [1.807, 2.05) is 0 Å². The highest BCUT2D eigenvalue weighted by molar-refractivity contribution is 5.98. The molecule has 2 atom stereocenters. The van der Waals surface area contributed by atoms with E-state index < -0.39 is 34.7 Å². The maximum Gasteiger partial charge on any atom is 0.320 e. The molecule has 0 aromatic rings. The van der Waals surface area contributed by atoms with Crippen LogP contribution >= 0.6 is 0 Å². The van der Waals surface area contributed by atoms with Gasteiger partial charge in [-0.3, -0.25) is 19.2 Å². The van der Waals surface area contributed by atoms with Gasteiger partial charge in [0, 0.05) is 0 Å². The van der Waals surface area contributed by atoms with E-state index in [0.29, 0.717) is 25.7 Å². The predicted molar refractivity (Wildman–Crippen MR) is 81.4 cm³/mol. The molecule has 1 saturated carbocycles. The average molecular weight is 344 g/mol. The van der Waals surface area contributed by atoms with Crippen LogP contribution in [-0.4, -0.2) is 44.3 Å². The molecule has 8 nitrogen and oxygen atoms in total. The lowest BCUT2D eigenvalue weighted by atomic mass is 9.68. The molecule has 0 amide bonds. The zero-order chi connectivity index (χ0) is 18.7. The highest BCUT2D eigenvalue weighted by Gasteiger charge is 2.47. The van der Waals surface area contributed by atoms with Gasteiger partial charge in [0.2, 0.25) is 0 Å². The van der Waals surface area contributed by atoms with Crippen molar-refractivity contribution in [2.45, 2.75) is 52.4 Å². The molecule has 1 fully saturated rings. The van der Waals surface area contributed by atoms with E-state index in [1.54, 1.807) is 0 Å². The largest absolute Gasteiger partial charge is 0.480 e. The molecule has 1 rings (SSSR count). The number of carboxylic acid groups (broad SMARTS) is 4. The molecule has 24 heavy (non-hydrogen) atoms. The van der Waals surface area contributed by atoms with Crippen LogP contribution in [0.15, 0.2) is 0 Å². The fraction of sp³-hybridized carbons (Fsp3) is 0.750. The fourth-order valence-corrected chi connectivity index (χ4v) is 3.46. The summed E-state index contributed by atoms with van der Waals surface area (Å²) in [4.78, 5) is 45.2. The lowest BCUT2D eigenvalue weighted by Crippen LogP contribution is -2.41. The van der Waals surface area contributed by atoms with Gasteiger partial charge in [-0.2, -0.15) is 0 Å². The first-order valence-corrected chi connectivity index (χ1v) is 7.87. The van der Waals surface area contributed by atoms with E-state index in [-0.39, 0.29) is 24.7 Å². The Balaban J connectivity index is 2.84. The van der Waals surface area contributed by atoms with Gasteiger partial charge in [-0.05, 0) is 44.9 Å². The van der Waals surface area contributed by atoms with Crippen molar-refractivity contribution in [3.63, 3.8) is 0 Å². The highest BCUT2D eigenvalue weighted by Crippen LogP contribution is 2.42. The Labute approximate surface area is 139 Å². The first-order valence-electron chi connectivity index (χ1n) is 7.87. The fourth-order valence-electron chi connectivity index (χ4n) is 3.46. The van der Waals surface area contributed by atoms with E-state index in [9.17, 15) is 39.6 Å². The molecule has 8 heteroatoms. The molecule has 0 radical (unpaired) electrons. The second kappa shape index (κ2) is 7.19. The number of rotatable bonds is 8. The molecule has 2 unspecified atom stereocenters. The molecular weight excluding hydrogens is 320 g/mol. The van der Waals surface area contributed by atoms with Gasteiger partial charge in [0.1, 0.15) is 0 Å². The topological polar surface area (TPSA) is 149 Å². The van der Waals surface area contributed by atoms with Gasteiger partial charge in [-0.15, -0.1) is 0 Å². The predicted octanol–water partition coefficient (Wildman–Crippen LogP) is 1.92. The van der Waals surface area contributed by atoms with Crippen LogP contribution < -0.4 is 0 Å². The average Bonchev–Trinajstić information content (AvgIpc) is 2.46. The first kappa shape index (κ1) is 19.9. The Hall–Kier alpha value is -2.12. The maximum absolute atomic E-state index is 11.3. The molecule has 0 heterocycles. The first-order chi connectivity index (χ1) is 10.9. The molecule has 0 bridgehead atoms. The third-order valence-electron chi connectivity index (χ3n) is 5.17. The van der Waals surface area contributed by atoms with Crippen LogP contribution in [0.4, 0.5) is 0 Å². The standard InChI is InChI=1S/C16H24O8/c1-15(11(17)18,12(19)20)7-9-4-3-5-10(6-9)8-16(2,13(21)22)14(23)24/h9-10H,3-8H2,1-2H3,(H,17,18)(H,19,20)(H,21,22)(H,23,24). The van der Waals surface area contributed by atoms with E-state index in [4.69, 9.17) is 0 Å². The summed E-state index contributed by atoms with van der Waals surface area (Å²) in [5.41, 5.74) is -3.79. The summed E-state index contributed by atoms with van der Waals surface area (Å²) in [6, 6.07) is 0. The number of aliphatic carboxylic acids is 4. The molecule has 1 aliphatic carbocycles. The van der Waals surface area contributed by atoms with Crippen molar-refractivity contribution in [1.29, 1.82) is 0 Å². The zero-order valence-electron chi connectivity index (χ0n) is 13.8. The van der Waals surface area contributed by atoms with E-state index in [2.05, 4.69) is 0 Å². The van der Waals surface area contributed by atoms with Gasteiger partial charge >= 0.3 is 23.9 Å². The van der Waals surface area contributed by atoms with Gasteiger partial charge in [0.25, 0.3) is 0 Å². The van der Waals surface area contributed by atoms with Crippen LogP contribution in [0.25, 0.3) is 0 Å². The molecule has 0 aliphatic heterocycles. The Morgan fingerprint density at radius 1 is 0.750 bits per heavy atom. The molecule has 136 valence electrons. The van der Waals surface area contributed by atoms with Crippen molar-refractivity contribution in [3.8, 4) is 0 Å². The van der Waals surface area contributed by atoms with Crippen molar-refractivity contribution >= 4 is 23.9 Å². The summed E-state index contributed by atoms with van der Waals surface area (Å²) in [7, 11) is 0. The van der Waals surface area contributed by atoms with Crippen molar-refractivity contribution < 1.29 is 39.6 Å². The highest BCUT2D eigenvalue weighted by atomic mass is 16.4. The summed E-state index contributed by atoms with van der Waals surface area (Å²) >= 11 is 0. The molecular formula is C16H24O8. The van der Waals surface area contributed by atoms with E-state index in [0.717, 1.165) is 0 Å². The second-order valence-corrected chi connectivity index (χ2v) is 7.19. The monoisotopic (exact) mass is 344 g/mol. The molecule has 0 aromatic heterocycles. The Kier molecular flexibility index (Phi) is 5.97. The van der Waals surface area contributed by atoms with Gasteiger partial charge in [-0.25, -0.2) is 0 Å². The minimum absolute atomic E-state index is 0.0506. The summed E-state index contributed by atoms with van der Waals surface area (Å²) < 4.78 is 0. The molecule has 0 spiro atoms. The van der Waals surface area contributed by atoms with Crippen molar-refractivity contribution in [1.82, 2.24) is 0 Å². The summed E-state index contributed by atoms with van der Waals surface area (Å²) in [6.45, 7) is 2.33. The van der Waals surface area contributed by atoms with Crippen LogP contribution in [0.1, 0.15) is 52.4 Å². The lowest BCUT2D eigenvalue weighted by Gasteiger charge is -2.35. The van der Waals surface area contributed by atoms with Crippen LogP contribution in [0, 0.1) is 22.7 Å². The summed E-state index contributed by atoms with van der Waals surface area (Å²) in [6.07, 6.45) is 2.34. The number of hydrogen-bond acceptors (Lipinski definition) is 4. The summed E-state index contributed by atoms with van der Waals surface area (Å²) in [5.74, 6) is -5.99. The normalized spacial score (nSPS) is 21.9. The smallest absolute Gasteiger partial charge is 0.320 e. The minimum atomic E-state index is -1.89. The Morgan fingerprint density at radius 2 is 1.04 bits per heavy atom. The van der Waals surface area contributed by atoms with Gasteiger partial charge in [-0.1, -0.05) is 19.3 Å². The molecule has 4 N–H and O–H groups in total. The van der Waals surface area contributed by atoms with Crippen LogP contribution in [-0.2, 0) is 19.2 Å². The van der Waals surface area contributed by atoms with Crippen LogP contribution in [0.3, 0.4) is 0 Å². The lowest BCUT2D eigenvalue weighted by molar-refractivity contribution is -0.165. The van der Waals surface area contributed by atoms with Crippen LogP contribution in [0.2, 0.25) is 0 Å². The van der Waals surface area contributed by atoms with E-state index in [1.165, 1.54) is 13.8 Å². The SMILES string of the molecule is CC(CC1CCCC(CC(C)(C(=O)O)C(=O)O)C1)(C(=O)O)C(=O)O. The molecule has 0 saturated heterocycles. The third-order valence-corrected chi connectivity index (χ3v) is 5.17. The van der Waals surface area contributed by atoms with Crippen LogP contribution in [0.5, 0.6) is 0 Å². The molecule has 1 aliphatic rings. The molecule has 0 aromatic carbocycles. The van der Waals surface area contributed by atoms with Gasteiger partial charge in [0.05, 0.1) is 0 Å². The number of hydrogen-bond donors (Lipinski definition) is 4. The van der Waals surface area contributed by atoms with Crippen molar-refractivity contribution in [3.05, 3.63) is 0 Å². The summed E-state index contributed by atoms with van der Waals surface area (Å²) in [5, 5.41) is 36.8. The van der Waals surface area contributed by atoms with Crippen molar-refractivity contribution in [2.24, 2.45) is 22.7 Å². The minimum Gasteiger partial charge on any atom is -0.480 e. The number of carbonyl (C=O) groups is 4. The zero-order valence-corrected chi connectivity index (χ0v) is 13.8. The second-order valence-electron chi connectivity index (χ2n) is 7.19. The van der Waals surface area contributed by atoms with Crippen molar-refractivity contribution in [2.75, 3.05) is 0 Å². The van der Waals surface area contributed by atoms with Gasteiger partial charge in [0.15, 0.2) is 10.8 Å². The number of carboxylic acids is 4. The Bertz CT molecular complexity index is 464. The van der Waals surface area contributed by atoms with Gasteiger partial charge < -0.3 is 20.4 Å². The Morgan fingerprint density at radius 3 is 1.29 bits per heavy atom. The quantitative estimate of drug-likeness (QED) is 0.488.